The van der Waals surface area contributed by atoms with Gasteiger partial charge in [-0.05, 0) is 61.4 Å². The highest BCUT2D eigenvalue weighted by molar-refractivity contribution is 5.97. The van der Waals surface area contributed by atoms with Gasteiger partial charge in [0, 0.05) is 18.5 Å². The Labute approximate surface area is 183 Å². The van der Waals surface area contributed by atoms with E-state index < -0.39 is 0 Å². The van der Waals surface area contributed by atoms with Crippen LogP contribution >= 0.6 is 0 Å². The van der Waals surface area contributed by atoms with Crippen molar-refractivity contribution in [1.29, 1.82) is 0 Å². The highest BCUT2D eigenvalue weighted by Crippen LogP contribution is 2.19. The molecular weight excluding hydrogens is 386 g/mol. The summed E-state index contributed by atoms with van der Waals surface area (Å²) in [6.07, 6.45) is 5.03. The Kier molecular flexibility index (Phi) is 6.21. The number of hydrogen-bond donors (Lipinski definition) is 1. The molecule has 3 aromatic rings. The molecule has 1 N–H and O–H groups in total. The van der Waals surface area contributed by atoms with Crippen LogP contribution < -0.4 is 10.9 Å². The first kappa shape index (κ1) is 21.3. The first-order valence-corrected chi connectivity index (χ1v) is 11.4. The van der Waals surface area contributed by atoms with E-state index in [9.17, 15) is 9.59 Å². The van der Waals surface area contributed by atoms with Crippen LogP contribution in [0.25, 0.3) is 10.9 Å². The van der Waals surface area contributed by atoms with Gasteiger partial charge in [0.1, 0.15) is 5.82 Å². The molecule has 1 aliphatic heterocycles. The zero-order chi connectivity index (χ0) is 22.0. The molecule has 162 valence electrons. The number of nitrogens with zero attached hydrogens (tertiary/aromatic N) is 2. The van der Waals surface area contributed by atoms with Gasteiger partial charge in [0.05, 0.1) is 16.9 Å². The second kappa shape index (κ2) is 9.04. The van der Waals surface area contributed by atoms with Crippen molar-refractivity contribution in [2.75, 3.05) is 0 Å². The van der Waals surface area contributed by atoms with Crippen molar-refractivity contribution in [2.45, 2.75) is 65.5 Å². The Balaban J connectivity index is 1.54. The number of aromatic nitrogens is 2. The molecule has 0 saturated heterocycles. The number of fused-ring (bicyclic) bond motifs is 2. The van der Waals surface area contributed by atoms with Crippen molar-refractivity contribution >= 4 is 16.8 Å². The molecule has 1 aromatic heterocycles. The molecule has 31 heavy (non-hydrogen) atoms. The fraction of sp³-hybridized carbons (Fsp3) is 0.423. The summed E-state index contributed by atoms with van der Waals surface area (Å²) >= 11 is 0. The highest BCUT2D eigenvalue weighted by atomic mass is 16.1. The molecule has 0 aliphatic carbocycles. The molecule has 1 amide bonds. The van der Waals surface area contributed by atoms with Crippen molar-refractivity contribution in [3.8, 4) is 0 Å². The molecule has 0 fully saturated rings. The van der Waals surface area contributed by atoms with E-state index in [1.807, 2.05) is 6.92 Å². The molecule has 1 atom stereocenters. The third-order valence-electron chi connectivity index (χ3n) is 6.05. The van der Waals surface area contributed by atoms with Crippen molar-refractivity contribution in [3.05, 3.63) is 75.3 Å². The van der Waals surface area contributed by atoms with Crippen LogP contribution in [0.4, 0.5) is 0 Å². The lowest BCUT2D eigenvalue weighted by molar-refractivity contribution is 0.0940. The Morgan fingerprint density at radius 1 is 1.06 bits per heavy atom. The number of carbonyl (C=O) groups excluding carboxylic acids is 1. The molecular formula is C26H31N3O2. The summed E-state index contributed by atoms with van der Waals surface area (Å²) in [5, 5.41) is 3.65. The molecule has 0 saturated carbocycles. The maximum Gasteiger partial charge on any atom is 0.261 e. The summed E-state index contributed by atoms with van der Waals surface area (Å²) in [7, 11) is 0. The average Bonchev–Trinajstić information content (AvgIpc) is 2.99. The average molecular weight is 418 g/mol. The Morgan fingerprint density at radius 3 is 2.58 bits per heavy atom. The van der Waals surface area contributed by atoms with Crippen LogP contribution in [0.15, 0.2) is 47.3 Å². The van der Waals surface area contributed by atoms with E-state index >= 15 is 0 Å². The quantitative estimate of drug-likeness (QED) is 0.648. The number of nitrogens with one attached hydrogen (secondary N) is 1. The molecule has 2 heterocycles. The second-order valence-corrected chi connectivity index (χ2v) is 9.06. The second-order valence-electron chi connectivity index (χ2n) is 9.06. The van der Waals surface area contributed by atoms with Crippen molar-refractivity contribution in [2.24, 2.45) is 5.92 Å². The van der Waals surface area contributed by atoms with Gasteiger partial charge in [0.2, 0.25) is 0 Å². The number of hydrogen-bond acceptors (Lipinski definition) is 3. The summed E-state index contributed by atoms with van der Waals surface area (Å²) in [6, 6.07) is 13.5. The van der Waals surface area contributed by atoms with Crippen LogP contribution in [0.2, 0.25) is 0 Å². The van der Waals surface area contributed by atoms with Crippen LogP contribution in [-0.4, -0.2) is 15.5 Å². The third-order valence-corrected chi connectivity index (χ3v) is 6.05. The normalized spacial score (nSPS) is 14.8. The third kappa shape index (κ3) is 4.71. The van der Waals surface area contributed by atoms with E-state index in [1.165, 1.54) is 5.56 Å². The molecule has 5 nitrogen and oxygen atoms in total. The number of rotatable bonds is 5. The van der Waals surface area contributed by atoms with E-state index in [2.05, 4.69) is 43.4 Å². The maximum absolute atomic E-state index is 12.9. The Morgan fingerprint density at radius 2 is 1.84 bits per heavy atom. The molecule has 5 heteroatoms. The monoisotopic (exact) mass is 417 g/mol. The van der Waals surface area contributed by atoms with Gasteiger partial charge in [-0.1, -0.05) is 44.5 Å². The van der Waals surface area contributed by atoms with E-state index in [0.717, 1.165) is 50.0 Å². The molecule has 2 aromatic carbocycles. The van der Waals surface area contributed by atoms with Gasteiger partial charge in [0.15, 0.2) is 0 Å². The van der Waals surface area contributed by atoms with Crippen molar-refractivity contribution in [3.63, 3.8) is 0 Å². The SMILES string of the molecule is CC(C)Cc1ccc(C(C)NC(=O)c2ccc3c(=O)n4c(nc3c2)CCCCC4)cc1. The first-order valence-electron chi connectivity index (χ1n) is 11.4. The van der Waals surface area contributed by atoms with Gasteiger partial charge < -0.3 is 5.32 Å². The van der Waals surface area contributed by atoms with Gasteiger partial charge in [-0.3, -0.25) is 14.2 Å². The minimum atomic E-state index is -0.155. The van der Waals surface area contributed by atoms with E-state index in [-0.39, 0.29) is 17.5 Å². The number of carbonyl (C=O) groups is 1. The molecule has 4 rings (SSSR count). The lowest BCUT2D eigenvalue weighted by atomic mass is 10.00. The van der Waals surface area contributed by atoms with E-state index in [0.29, 0.717) is 22.4 Å². The van der Waals surface area contributed by atoms with Gasteiger partial charge in [0.25, 0.3) is 11.5 Å². The number of aryl methyl sites for hydroxylation is 1. The summed E-state index contributed by atoms with van der Waals surface area (Å²) < 4.78 is 1.81. The summed E-state index contributed by atoms with van der Waals surface area (Å²) in [5.74, 6) is 1.30. The van der Waals surface area contributed by atoms with Gasteiger partial charge in [-0.25, -0.2) is 4.98 Å². The van der Waals surface area contributed by atoms with Crippen LogP contribution in [0, 0.1) is 5.92 Å². The predicted molar refractivity (Wildman–Crippen MR) is 124 cm³/mol. The predicted octanol–water partition coefficient (Wildman–Crippen LogP) is 4.81. The van der Waals surface area contributed by atoms with Gasteiger partial charge in [-0.15, -0.1) is 0 Å². The Bertz CT molecular complexity index is 1150. The molecule has 0 bridgehead atoms. The molecule has 1 unspecified atom stereocenters. The van der Waals surface area contributed by atoms with Crippen LogP contribution in [-0.2, 0) is 19.4 Å². The summed E-state index contributed by atoms with van der Waals surface area (Å²) in [6.45, 7) is 7.13. The van der Waals surface area contributed by atoms with Gasteiger partial charge >= 0.3 is 0 Å². The smallest absolute Gasteiger partial charge is 0.261 e. The maximum atomic E-state index is 12.9. The molecule has 0 spiro atoms. The minimum absolute atomic E-state index is 0.00344. The lowest BCUT2D eigenvalue weighted by Gasteiger charge is -2.16. The van der Waals surface area contributed by atoms with E-state index in [1.54, 1.807) is 22.8 Å². The molecule has 0 radical (unpaired) electrons. The highest BCUT2D eigenvalue weighted by Gasteiger charge is 2.16. The lowest BCUT2D eigenvalue weighted by Crippen LogP contribution is -2.27. The standard InChI is InChI=1S/C26H31N3O2/c1-17(2)15-19-8-10-20(11-9-19)18(3)27-25(30)21-12-13-22-23(16-21)28-24-7-5-4-6-14-29(24)26(22)31/h8-13,16-18H,4-7,14-15H2,1-3H3,(H,27,30). The fourth-order valence-electron chi connectivity index (χ4n) is 4.34. The van der Waals surface area contributed by atoms with Gasteiger partial charge in [-0.2, -0.15) is 0 Å². The fourth-order valence-corrected chi connectivity index (χ4v) is 4.34. The molecule has 1 aliphatic rings. The van der Waals surface area contributed by atoms with Crippen LogP contribution in [0.5, 0.6) is 0 Å². The largest absolute Gasteiger partial charge is 0.346 e. The van der Waals surface area contributed by atoms with Crippen molar-refractivity contribution in [1.82, 2.24) is 14.9 Å². The van der Waals surface area contributed by atoms with Crippen LogP contribution in [0.1, 0.15) is 73.4 Å². The first-order chi connectivity index (χ1) is 14.9. The van der Waals surface area contributed by atoms with Crippen molar-refractivity contribution < 1.29 is 4.79 Å². The number of amides is 1. The summed E-state index contributed by atoms with van der Waals surface area (Å²) in [4.78, 5) is 30.5. The van der Waals surface area contributed by atoms with E-state index in [4.69, 9.17) is 4.98 Å². The Hall–Kier alpha value is -2.95. The zero-order valence-corrected chi connectivity index (χ0v) is 18.6. The number of benzene rings is 2. The zero-order valence-electron chi connectivity index (χ0n) is 18.6. The van der Waals surface area contributed by atoms with Crippen LogP contribution in [0.3, 0.4) is 0 Å². The topological polar surface area (TPSA) is 64.0 Å². The minimum Gasteiger partial charge on any atom is -0.346 e. The summed E-state index contributed by atoms with van der Waals surface area (Å²) in [5.41, 5.74) is 3.52.